The van der Waals surface area contributed by atoms with E-state index in [4.69, 9.17) is 4.74 Å². The highest BCUT2D eigenvalue weighted by Gasteiger charge is 2.36. The molecule has 31 heavy (non-hydrogen) atoms. The van der Waals surface area contributed by atoms with Gasteiger partial charge < -0.3 is 4.74 Å². The molecule has 0 saturated carbocycles. The van der Waals surface area contributed by atoms with Crippen molar-refractivity contribution in [2.75, 3.05) is 20.3 Å². The third-order valence-corrected chi connectivity index (χ3v) is 5.97. The van der Waals surface area contributed by atoms with Gasteiger partial charge in [-0.25, -0.2) is 0 Å². The molecule has 0 N–H and O–H groups in total. The summed E-state index contributed by atoms with van der Waals surface area (Å²) < 4.78 is 5.88. The molecule has 0 bridgehead atoms. The van der Waals surface area contributed by atoms with Crippen molar-refractivity contribution >= 4 is 44.2 Å². The van der Waals surface area contributed by atoms with Crippen LogP contribution in [0.3, 0.4) is 0 Å². The lowest BCUT2D eigenvalue weighted by molar-refractivity contribution is -0.384. The highest BCUT2D eigenvalue weighted by atomic mass is 79.9. The van der Waals surface area contributed by atoms with E-state index in [0.29, 0.717) is 40.5 Å². The zero-order valence-corrected chi connectivity index (χ0v) is 18.6. The van der Waals surface area contributed by atoms with E-state index >= 15 is 0 Å². The Hall–Kier alpha value is -3.10. The van der Waals surface area contributed by atoms with E-state index in [9.17, 15) is 19.7 Å². The van der Waals surface area contributed by atoms with Gasteiger partial charge >= 0.3 is 0 Å². The van der Waals surface area contributed by atoms with E-state index in [1.807, 2.05) is 19.1 Å². The fraction of sp³-hybridized carbons (Fsp3) is 0.217. The van der Waals surface area contributed by atoms with Gasteiger partial charge in [0.2, 0.25) is 0 Å². The molecule has 158 valence electrons. The van der Waals surface area contributed by atoms with Crippen molar-refractivity contribution in [3.63, 3.8) is 0 Å². The van der Waals surface area contributed by atoms with Gasteiger partial charge in [0, 0.05) is 41.8 Å². The highest BCUT2D eigenvalue weighted by Crippen LogP contribution is 2.43. The molecule has 0 saturated heterocycles. The van der Waals surface area contributed by atoms with Crippen molar-refractivity contribution in [2.24, 2.45) is 0 Å². The number of nitrogens with zero attached hydrogens (tertiary/aromatic N) is 2. The number of hydrogen-bond donors (Lipinski definition) is 0. The molecule has 3 aromatic carbocycles. The molecule has 0 unspecified atom stereocenters. The van der Waals surface area contributed by atoms with Gasteiger partial charge in [-0.15, -0.1) is 0 Å². The summed E-state index contributed by atoms with van der Waals surface area (Å²) in [6, 6.07) is 11.9. The lowest BCUT2D eigenvalue weighted by atomic mass is 9.86. The topological polar surface area (TPSA) is 89.8 Å². The Labute approximate surface area is 186 Å². The van der Waals surface area contributed by atoms with E-state index < -0.39 is 16.7 Å². The number of nitro benzene ring substituents is 1. The molecular formula is C23H19BrN2O5. The molecule has 0 aliphatic carbocycles. The van der Waals surface area contributed by atoms with Crippen molar-refractivity contribution in [1.82, 2.24) is 4.90 Å². The second-order valence-electron chi connectivity index (χ2n) is 7.37. The van der Waals surface area contributed by atoms with Crippen molar-refractivity contribution < 1.29 is 19.2 Å². The van der Waals surface area contributed by atoms with Crippen LogP contribution in [0, 0.1) is 17.0 Å². The van der Waals surface area contributed by atoms with Crippen LogP contribution >= 0.6 is 15.9 Å². The molecule has 1 heterocycles. The molecule has 0 aromatic heterocycles. The lowest BCUT2D eigenvalue weighted by Gasteiger charge is -2.28. The van der Waals surface area contributed by atoms with Crippen LogP contribution in [-0.4, -0.2) is 41.9 Å². The molecule has 0 radical (unpaired) electrons. The largest absolute Gasteiger partial charge is 0.385 e. The van der Waals surface area contributed by atoms with Crippen molar-refractivity contribution in [1.29, 1.82) is 0 Å². The minimum absolute atomic E-state index is 0.162. The fourth-order valence-corrected chi connectivity index (χ4v) is 4.58. The first kappa shape index (κ1) is 21.1. The normalized spacial score (nSPS) is 13.2. The summed E-state index contributed by atoms with van der Waals surface area (Å²) >= 11 is 3.42. The number of carbonyl (C=O) groups is 2. The maximum absolute atomic E-state index is 13.2. The van der Waals surface area contributed by atoms with E-state index in [0.717, 1.165) is 14.9 Å². The van der Waals surface area contributed by atoms with Gasteiger partial charge in [0.15, 0.2) is 0 Å². The minimum Gasteiger partial charge on any atom is -0.385 e. The molecular weight excluding hydrogens is 464 g/mol. The van der Waals surface area contributed by atoms with E-state index in [-0.39, 0.29) is 17.8 Å². The summed E-state index contributed by atoms with van der Waals surface area (Å²) in [6.07, 6.45) is 0.484. The first-order valence-corrected chi connectivity index (χ1v) is 10.5. The fourth-order valence-electron chi connectivity index (χ4n) is 4.10. The van der Waals surface area contributed by atoms with Crippen LogP contribution in [0.1, 0.15) is 32.7 Å². The van der Waals surface area contributed by atoms with Gasteiger partial charge in [-0.2, -0.15) is 0 Å². The number of methoxy groups -OCH3 is 1. The molecule has 0 atom stereocenters. The van der Waals surface area contributed by atoms with Gasteiger partial charge in [0.25, 0.3) is 17.5 Å². The van der Waals surface area contributed by atoms with Crippen LogP contribution in [-0.2, 0) is 4.74 Å². The predicted molar refractivity (Wildman–Crippen MR) is 120 cm³/mol. The molecule has 8 heteroatoms. The van der Waals surface area contributed by atoms with Crippen LogP contribution in [0.4, 0.5) is 5.69 Å². The second kappa shape index (κ2) is 8.20. The minimum atomic E-state index is -0.521. The van der Waals surface area contributed by atoms with Crippen LogP contribution in [0.25, 0.3) is 21.9 Å². The highest BCUT2D eigenvalue weighted by molar-refractivity contribution is 9.10. The Morgan fingerprint density at radius 3 is 2.48 bits per heavy atom. The summed E-state index contributed by atoms with van der Waals surface area (Å²) in [4.78, 5) is 39.0. The second-order valence-corrected chi connectivity index (χ2v) is 8.29. The number of imide groups is 1. The number of halogens is 1. The van der Waals surface area contributed by atoms with E-state index in [2.05, 4.69) is 15.9 Å². The number of aryl methyl sites for hydroxylation is 1. The Bertz CT molecular complexity index is 1250. The Morgan fingerprint density at radius 1 is 1.06 bits per heavy atom. The Morgan fingerprint density at radius 2 is 1.81 bits per heavy atom. The molecule has 4 rings (SSSR count). The predicted octanol–water partition coefficient (Wildman–Crippen LogP) is 5.12. The summed E-state index contributed by atoms with van der Waals surface area (Å²) in [6.45, 7) is 2.45. The number of benzene rings is 3. The summed E-state index contributed by atoms with van der Waals surface area (Å²) in [5.41, 5.74) is 2.31. The average Bonchev–Trinajstić information content (AvgIpc) is 2.74. The first-order valence-electron chi connectivity index (χ1n) is 9.71. The molecule has 1 aliphatic heterocycles. The number of rotatable bonds is 6. The third kappa shape index (κ3) is 3.51. The smallest absolute Gasteiger partial charge is 0.278 e. The first-order chi connectivity index (χ1) is 14.8. The number of carbonyl (C=O) groups excluding carboxylic acids is 2. The molecule has 0 fully saturated rings. The number of amides is 2. The van der Waals surface area contributed by atoms with Gasteiger partial charge in [0.05, 0.1) is 16.1 Å². The summed E-state index contributed by atoms with van der Waals surface area (Å²) in [7, 11) is 1.55. The lowest BCUT2D eigenvalue weighted by Crippen LogP contribution is -2.41. The standard InChI is InChI=1S/C23H19BrN2O5/c1-13-11-14(24)7-8-15(13)21-16-5-3-6-17-20(16)18(12-19(21)26(29)30)23(28)25(22(17)27)9-4-10-31-2/h3,5-8,11-12H,4,9-10H2,1-2H3. The van der Waals surface area contributed by atoms with Gasteiger partial charge in [0.1, 0.15) is 0 Å². The van der Waals surface area contributed by atoms with Gasteiger partial charge in [-0.05, 0) is 48.1 Å². The Balaban J connectivity index is 2.02. The number of hydrogen-bond acceptors (Lipinski definition) is 5. The molecule has 1 aliphatic rings. The summed E-state index contributed by atoms with van der Waals surface area (Å²) in [5, 5.41) is 13.0. The molecule has 0 spiro atoms. The average molecular weight is 483 g/mol. The Kier molecular flexibility index (Phi) is 5.60. The number of nitro groups is 1. The van der Waals surface area contributed by atoms with Crippen LogP contribution in [0.15, 0.2) is 46.9 Å². The SMILES string of the molecule is COCCCN1C(=O)c2cccc3c(-c4ccc(Br)cc4C)c([N+](=O)[O-])cc(c23)C1=O. The monoisotopic (exact) mass is 482 g/mol. The third-order valence-electron chi connectivity index (χ3n) is 5.48. The molecule has 2 amide bonds. The van der Waals surface area contributed by atoms with E-state index in [1.54, 1.807) is 31.4 Å². The maximum atomic E-state index is 13.2. The van der Waals surface area contributed by atoms with E-state index in [1.165, 1.54) is 6.07 Å². The van der Waals surface area contributed by atoms with Crippen molar-refractivity contribution in [3.8, 4) is 11.1 Å². The van der Waals surface area contributed by atoms with Crippen molar-refractivity contribution in [2.45, 2.75) is 13.3 Å². The summed E-state index contributed by atoms with van der Waals surface area (Å²) in [5.74, 6) is -0.918. The molecule has 3 aromatic rings. The van der Waals surface area contributed by atoms with Gasteiger partial charge in [-0.3, -0.25) is 24.6 Å². The van der Waals surface area contributed by atoms with Crippen molar-refractivity contribution in [3.05, 3.63) is 73.7 Å². The quantitative estimate of drug-likeness (QED) is 0.210. The number of ether oxygens (including phenoxy) is 1. The van der Waals surface area contributed by atoms with Crippen LogP contribution < -0.4 is 0 Å². The van der Waals surface area contributed by atoms with Gasteiger partial charge in [-0.1, -0.05) is 34.1 Å². The zero-order chi connectivity index (χ0) is 22.3. The molecule has 7 nitrogen and oxygen atoms in total. The van der Waals surface area contributed by atoms with Crippen LogP contribution in [0.2, 0.25) is 0 Å². The van der Waals surface area contributed by atoms with Crippen LogP contribution in [0.5, 0.6) is 0 Å². The maximum Gasteiger partial charge on any atom is 0.278 e. The zero-order valence-electron chi connectivity index (χ0n) is 17.0.